The summed E-state index contributed by atoms with van der Waals surface area (Å²) >= 11 is 0. The highest BCUT2D eigenvalue weighted by Crippen LogP contribution is 2.74. The number of ether oxygens (including phenoxy) is 4. The highest BCUT2D eigenvalue weighted by atomic mass is 19.4. The summed E-state index contributed by atoms with van der Waals surface area (Å²) in [6, 6.07) is 0. The first kappa shape index (κ1) is 33.9. The van der Waals surface area contributed by atoms with Crippen molar-refractivity contribution in [1.82, 2.24) is 0 Å². The first-order valence-electron chi connectivity index (χ1n) is 10.2. The summed E-state index contributed by atoms with van der Waals surface area (Å²) < 4.78 is 302. The lowest BCUT2D eigenvalue weighted by Gasteiger charge is -2.56. The summed E-state index contributed by atoms with van der Waals surface area (Å²) in [4.78, 5) is 0. The van der Waals surface area contributed by atoms with Crippen LogP contribution in [0, 0.1) is 0 Å². The van der Waals surface area contributed by atoms with Crippen LogP contribution >= 0.6 is 0 Å². The van der Waals surface area contributed by atoms with Gasteiger partial charge in [-0.05, 0) is 0 Å². The topological polar surface area (TPSA) is 43.5 Å². The van der Waals surface area contributed by atoms with Gasteiger partial charge >= 0.3 is 65.0 Å². The van der Waals surface area contributed by atoms with E-state index in [0.29, 0.717) is 0 Å². The van der Waals surface area contributed by atoms with E-state index in [-0.39, 0.29) is 0 Å². The molecule has 0 spiro atoms. The van der Waals surface area contributed by atoms with E-state index in [2.05, 4.69) is 18.9 Å². The van der Waals surface area contributed by atoms with Crippen LogP contribution in [0.2, 0.25) is 0 Å². The number of halogens is 20. The maximum atomic E-state index is 15.9. The minimum absolute atomic E-state index is 0.791. The molecule has 4 nitrogen and oxygen atoms in total. The molecule has 4 atom stereocenters. The molecule has 0 aromatic rings. The third kappa shape index (κ3) is 3.83. The summed E-state index contributed by atoms with van der Waals surface area (Å²) in [5.41, 5.74) is -9.10. The van der Waals surface area contributed by atoms with Crippen molar-refractivity contribution in [3.8, 4) is 0 Å². The van der Waals surface area contributed by atoms with E-state index < -0.39 is 104 Å². The van der Waals surface area contributed by atoms with Crippen molar-refractivity contribution in [3.05, 3.63) is 0 Å². The fourth-order valence-electron chi connectivity index (χ4n) is 3.53. The van der Waals surface area contributed by atoms with Gasteiger partial charge in [0.15, 0.2) is 0 Å². The Bertz CT molecular complexity index is 978. The van der Waals surface area contributed by atoms with Gasteiger partial charge in [-0.3, -0.25) is 0 Å². The average molecular weight is 658 g/mol. The SMILES string of the molecule is FC(F)(F)C(F)(OCC1CO1)C(F)(OCC1CO1)C1(F)C(F)(F)C(F)(F)C(F)(F)C(F)(F)C(F)(F)C(F)(F)C1(F)F. The minimum atomic E-state index is -9.11. The molecule has 0 amide bonds. The third-order valence-electron chi connectivity index (χ3n) is 6.19. The van der Waals surface area contributed by atoms with E-state index in [0.717, 1.165) is 0 Å². The van der Waals surface area contributed by atoms with Crippen LogP contribution in [-0.2, 0) is 18.9 Å². The number of epoxide rings is 2. The smallest absolute Gasteiger partial charge is 0.371 e. The predicted octanol–water partition coefficient (Wildman–Crippen LogP) is 5.88. The van der Waals surface area contributed by atoms with Crippen LogP contribution in [0.25, 0.3) is 0 Å². The van der Waals surface area contributed by atoms with Gasteiger partial charge in [-0.2, -0.15) is 79.0 Å². The number of hydrogen-bond donors (Lipinski definition) is 0. The second-order valence-electron chi connectivity index (χ2n) is 8.90. The zero-order valence-corrected chi connectivity index (χ0v) is 18.7. The van der Waals surface area contributed by atoms with Gasteiger partial charge in [0.05, 0.1) is 26.4 Å². The standard InChI is InChI=1S/C17H10F20O4/c18-7(15(33,40-3-5-1-38-5)16(34,17(35,36)37)41-4-6-2-39-6)8(19,20)10(23,24)12(27,28)14(31,32)13(29,30)11(25,26)9(7,21)22/h5-6H,1-4H2. The molecule has 2 heterocycles. The molecule has 2 aliphatic heterocycles. The fourth-order valence-corrected chi connectivity index (χ4v) is 3.53. The van der Waals surface area contributed by atoms with Crippen molar-refractivity contribution in [3.63, 3.8) is 0 Å². The van der Waals surface area contributed by atoms with E-state index in [1.807, 2.05) is 0 Å². The van der Waals surface area contributed by atoms with Gasteiger partial charge in [0.2, 0.25) is 0 Å². The number of rotatable bonds is 8. The monoisotopic (exact) mass is 658 g/mol. The van der Waals surface area contributed by atoms with Crippen LogP contribution in [-0.4, -0.2) is 104 Å². The number of hydrogen-bond acceptors (Lipinski definition) is 4. The molecule has 0 aromatic heterocycles. The van der Waals surface area contributed by atoms with Crippen LogP contribution in [0.5, 0.6) is 0 Å². The van der Waals surface area contributed by atoms with Crippen molar-refractivity contribution < 1.29 is 107 Å². The van der Waals surface area contributed by atoms with Crippen molar-refractivity contribution in [1.29, 1.82) is 0 Å². The Labute approximate surface area is 211 Å². The molecule has 41 heavy (non-hydrogen) atoms. The molecule has 3 fully saturated rings. The molecular weight excluding hydrogens is 648 g/mol. The van der Waals surface area contributed by atoms with Crippen molar-refractivity contribution in [2.75, 3.05) is 26.4 Å². The average Bonchev–Trinajstić information content (AvgIpc) is 3.72. The Hall–Kier alpha value is -1.56. The van der Waals surface area contributed by atoms with Gasteiger partial charge < -0.3 is 18.9 Å². The number of alkyl halides is 20. The maximum absolute atomic E-state index is 15.9. The second kappa shape index (κ2) is 8.76. The van der Waals surface area contributed by atoms with E-state index in [4.69, 9.17) is 0 Å². The lowest BCUT2D eigenvalue weighted by Crippen LogP contribution is -2.89. The first-order chi connectivity index (χ1) is 17.9. The zero-order chi connectivity index (χ0) is 32.3. The summed E-state index contributed by atoms with van der Waals surface area (Å²) in [7, 11) is 0. The normalized spacial score (nSPS) is 34.8. The Morgan fingerprint density at radius 2 is 0.756 bits per heavy atom. The molecule has 242 valence electrons. The van der Waals surface area contributed by atoms with E-state index in [9.17, 15) is 74.6 Å². The molecule has 2 saturated heterocycles. The van der Waals surface area contributed by atoms with Crippen LogP contribution in [0.3, 0.4) is 0 Å². The third-order valence-corrected chi connectivity index (χ3v) is 6.19. The summed E-state index contributed by atoms with van der Waals surface area (Å²) in [6.45, 7) is -6.38. The Morgan fingerprint density at radius 3 is 1.02 bits per heavy atom. The molecular formula is C17H10F20O4. The van der Waals surface area contributed by atoms with Gasteiger partial charge in [-0.1, -0.05) is 0 Å². The van der Waals surface area contributed by atoms with E-state index in [1.54, 1.807) is 0 Å². The maximum Gasteiger partial charge on any atom is 0.454 e. The molecule has 24 heteroatoms. The van der Waals surface area contributed by atoms with Crippen molar-refractivity contribution >= 4 is 0 Å². The predicted molar refractivity (Wildman–Crippen MR) is 83.6 cm³/mol. The summed E-state index contributed by atoms with van der Waals surface area (Å²) in [5.74, 6) is -78.0. The van der Waals surface area contributed by atoms with Crippen molar-refractivity contribution in [2.45, 2.75) is 77.2 Å². The highest BCUT2D eigenvalue weighted by molar-refractivity contribution is 5.31. The Balaban J connectivity index is 2.52. The van der Waals surface area contributed by atoms with E-state index >= 15 is 13.2 Å². The molecule has 3 aliphatic rings. The van der Waals surface area contributed by atoms with Gasteiger partial charge in [-0.25, -0.2) is 8.78 Å². The van der Waals surface area contributed by atoms with Crippen LogP contribution in [0.1, 0.15) is 0 Å². The van der Waals surface area contributed by atoms with Crippen LogP contribution < -0.4 is 0 Å². The Kier molecular flexibility index (Phi) is 7.25. The largest absolute Gasteiger partial charge is 0.454 e. The quantitative estimate of drug-likeness (QED) is 0.242. The summed E-state index contributed by atoms with van der Waals surface area (Å²) in [6.07, 6.45) is -11.6. The first-order valence-corrected chi connectivity index (χ1v) is 10.2. The molecule has 0 aromatic carbocycles. The Morgan fingerprint density at radius 1 is 0.488 bits per heavy atom. The molecule has 1 aliphatic carbocycles. The fraction of sp³-hybridized carbons (Fsp3) is 1.00. The summed E-state index contributed by atoms with van der Waals surface area (Å²) in [5, 5.41) is 0. The highest BCUT2D eigenvalue weighted by Gasteiger charge is 3.07. The van der Waals surface area contributed by atoms with Crippen LogP contribution in [0.15, 0.2) is 0 Å². The molecule has 0 radical (unpaired) electrons. The van der Waals surface area contributed by atoms with Gasteiger partial charge in [0.25, 0.3) is 0 Å². The molecule has 0 bridgehead atoms. The molecule has 1 saturated carbocycles. The van der Waals surface area contributed by atoms with Crippen molar-refractivity contribution in [2.24, 2.45) is 0 Å². The van der Waals surface area contributed by atoms with Gasteiger partial charge in [0, 0.05) is 0 Å². The van der Waals surface area contributed by atoms with E-state index in [1.165, 1.54) is 0 Å². The molecule has 4 unspecified atom stereocenters. The lowest BCUT2D eigenvalue weighted by atomic mass is 9.68. The minimum Gasteiger partial charge on any atom is -0.371 e. The molecule has 3 rings (SSSR count). The van der Waals surface area contributed by atoms with Gasteiger partial charge in [0.1, 0.15) is 12.2 Å². The van der Waals surface area contributed by atoms with Crippen LogP contribution in [0.4, 0.5) is 87.8 Å². The lowest BCUT2D eigenvalue weighted by molar-refractivity contribution is -0.538. The molecule has 0 N–H and O–H groups in total. The van der Waals surface area contributed by atoms with Gasteiger partial charge in [-0.15, -0.1) is 0 Å². The second-order valence-corrected chi connectivity index (χ2v) is 8.90. The zero-order valence-electron chi connectivity index (χ0n) is 18.7.